The van der Waals surface area contributed by atoms with E-state index in [-0.39, 0.29) is 23.5 Å². The number of benzene rings is 2. The van der Waals surface area contributed by atoms with Crippen LogP contribution in [0.15, 0.2) is 67.6 Å². The van der Waals surface area contributed by atoms with Crippen molar-refractivity contribution in [1.82, 2.24) is 24.5 Å². The first kappa shape index (κ1) is 24.6. The largest absolute Gasteiger partial charge is 0.421 e. The number of halogens is 1. The molecule has 0 saturated carbocycles. The third-order valence-electron chi connectivity index (χ3n) is 6.08. The minimum absolute atomic E-state index is 0.00174. The van der Waals surface area contributed by atoms with E-state index in [1.54, 1.807) is 37.4 Å². The molecule has 2 aromatic carbocycles. The minimum atomic E-state index is -0.598. The molecule has 1 amide bonds. The monoisotopic (exact) mass is 509 g/mol. The summed E-state index contributed by atoms with van der Waals surface area (Å²) < 4.78 is 22.9. The third-order valence-corrected chi connectivity index (χ3v) is 6.08. The van der Waals surface area contributed by atoms with Crippen molar-refractivity contribution in [3.63, 3.8) is 0 Å². The highest BCUT2D eigenvalue weighted by Gasteiger charge is 2.23. The number of carbonyl (C=O) groups excluding carboxylic acids is 1. The van der Waals surface area contributed by atoms with Gasteiger partial charge in [-0.25, -0.2) is 24.3 Å². The molecule has 0 aliphatic carbocycles. The number of aromatic nitrogens is 5. The topological polar surface area (TPSA) is 121 Å². The molecule has 0 atom stereocenters. The van der Waals surface area contributed by atoms with Crippen LogP contribution in [0.4, 0.5) is 15.9 Å². The van der Waals surface area contributed by atoms with Gasteiger partial charge in [0.2, 0.25) is 5.91 Å². The van der Waals surface area contributed by atoms with Crippen LogP contribution in [0.2, 0.25) is 0 Å². The molecular weight excluding hydrogens is 485 g/mol. The van der Waals surface area contributed by atoms with Crippen LogP contribution in [0.1, 0.15) is 16.8 Å². The number of anilines is 2. The van der Waals surface area contributed by atoms with E-state index in [1.807, 2.05) is 30.5 Å². The molecule has 190 valence electrons. The molecule has 0 spiro atoms. The van der Waals surface area contributed by atoms with Gasteiger partial charge in [-0.05, 0) is 62.2 Å². The van der Waals surface area contributed by atoms with E-state index in [1.165, 1.54) is 18.5 Å². The maximum atomic E-state index is 15.4. The Bertz CT molecular complexity index is 1710. The Kier molecular flexibility index (Phi) is 6.29. The molecule has 0 fully saturated rings. The fourth-order valence-corrected chi connectivity index (χ4v) is 4.31. The van der Waals surface area contributed by atoms with Gasteiger partial charge in [-0.15, -0.1) is 0 Å². The van der Waals surface area contributed by atoms with E-state index < -0.39 is 5.82 Å². The Morgan fingerprint density at radius 3 is 2.58 bits per heavy atom. The zero-order valence-electron chi connectivity index (χ0n) is 21.0. The maximum absolute atomic E-state index is 15.4. The molecule has 5 aromatic rings. The normalized spacial score (nSPS) is 10.9. The van der Waals surface area contributed by atoms with Crippen LogP contribution in [-0.4, -0.2) is 30.4 Å². The van der Waals surface area contributed by atoms with Crippen molar-refractivity contribution in [2.24, 2.45) is 0 Å². The number of nitrogens with zero attached hydrogens (tertiary/aromatic N) is 5. The second-order valence-electron chi connectivity index (χ2n) is 8.69. The molecular formula is C28H24FN7O2. The number of hydrogen-bond acceptors (Lipinski definition) is 7. The van der Waals surface area contributed by atoms with Crippen molar-refractivity contribution >= 4 is 28.4 Å². The number of nitrogens with two attached hydrogens (primary N) is 1. The summed E-state index contributed by atoms with van der Waals surface area (Å²) >= 11 is 0. The average Bonchev–Trinajstić information content (AvgIpc) is 3.19. The number of carbonyl (C=O) groups is 1. The van der Waals surface area contributed by atoms with Gasteiger partial charge in [-0.3, -0.25) is 4.79 Å². The molecule has 38 heavy (non-hydrogen) atoms. The number of hydrogen-bond donors (Lipinski definition) is 2. The van der Waals surface area contributed by atoms with Crippen LogP contribution in [0.5, 0.6) is 11.8 Å². The van der Waals surface area contributed by atoms with Crippen molar-refractivity contribution in [1.29, 1.82) is 0 Å². The van der Waals surface area contributed by atoms with Crippen LogP contribution in [0.3, 0.4) is 0 Å². The lowest BCUT2D eigenvalue weighted by molar-refractivity contribution is -0.111. The second-order valence-corrected chi connectivity index (χ2v) is 8.69. The van der Waals surface area contributed by atoms with E-state index in [4.69, 9.17) is 10.5 Å². The Labute approximate surface area is 217 Å². The van der Waals surface area contributed by atoms with Crippen LogP contribution in [0.25, 0.3) is 28.0 Å². The van der Waals surface area contributed by atoms with Gasteiger partial charge in [-0.1, -0.05) is 18.7 Å². The second kappa shape index (κ2) is 9.74. The van der Waals surface area contributed by atoms with Gasteiger partial charge < -0.3 is 20.4 Å². The zero-order chi connectivity index (χ0) is 27.0. The van der Waals surface area contributed by atoms with Gasteiger partial charge in [0.05, 0.1) is 16.9 Å². The number of amides is 1. The fraction of sp³-hybridized carbons (Fsp3) is 0.107. The quantitative estimate of drug-likeness (QED) is 0.292. The highest BCUT2D eigenvalue weighted by Crippen LogP contribution is 2.39. The summed E-state index contributed by atoms with van der Waals surface area (Å²) in [6, 6.07) is 12.0. The minimum Gasteiger partial charge on any atom is -0.421 e. The van der Waals surface area contributed by atoms with Crippen molar-refractivity contribution in [3.8, 4) is 28.7 Å². The van der Waals surface area contributed by atoms with Gasteiger partial charge in [0.25, 0.3) is 0 Å². The molecule has 10 heteroatoms. The van der Waals surface area contributed by atoms with Crippen LogP contribution in [-0.2, 0) is 4.79 Å². The predicted molar refractivity (Wildman–Crippen MR) is 144 cm³/mol. The SMILES string of the molecule is C=CC(=O)Nc1ccc(-c2c(C)c3ncnc(N)c3n2-c2cc(F)c(Oc3nccc(C)n3)cc2C)cc1. The number of nitrogens with one attached hydrogen (secondary N) is 1. The zero-order valence-corrected chi connectivity index (χ0v) is 21.0. The lowest BCUT2D eigenvalue weighted by Gasteiger charge is -2.17. The van der Waals surface area contributed by atoms with E-state index >= 15 is 4.39 Å². The summed E-state index contributed by atoms with van der Waals surface area (Å²) in [5, 5.41) is 2.73. The van der Waals surface area contributed by atoms with Crippen LogP contribution >= 0.6 is 0 Å². The first-order valence-corrected chi connectivity index (χ1v) is 11.7. The molecule has 3 aromatic heterocycles. The Morgan fingerprint density at radius 1 is 1.11 bits per heavy atom. The Hall–Kier alpha value is -5.12. The first-order valence-electron chi connectivity index (χ1n) is 11.7. The molecule has 0 aliphatic rings. The number of aryl methyl sites for hydroxylation is 3. The van der Waals surface area contributed by atoms with E-state index in [0.717, 1.165) is 16.8 Å². The molecule has 0 aliphatic heterocycles. The predicted octanol–water partition coefficient (Wildman–Crippen LogP) is 5.44. The molecule has 5 rings (SSSR count). The van der Waals surface area contributed by atoms with Crippen LogP contribution in [0, 0.1) is 26.6 Å². The summed E-state index contributed by atoms with van der Waals surface area (Å²) in [5.41, 5.74) is 12.5. The van der Waals surface area contributed by atoms with Gasteiger partial charge >= 0.3 is 6.01 Å². The van der Waals surface area contributed by atoms with Crippen LogP contribution < -0.4 is 15.8 Å². The van der Waals surface area contributed by atoms with Crippen molar-refractivity contribution in [2.75, 3.05) is 11.1 Å². The molecule has 0 unspecified atom stereocenters. The smallest absolute Gasteiger partial charge is 0.322 e. The lowest BCUT2D eigenvalue weighted by atomic mass is 10.1. The summed E-state index contributed by atoms with van der Waals surface area (Å²) in [6.45, 7) is 9.04. The van der Waals surface area contributed by atoms with Crippen molar-refractivity contribution in [3.05, 3.63) is 90.3 Å². The van der Waals surface area contributed by atoms with Crippen molar-refractivity contribution < 1.29 is 13.9 Å². The number of ether oxygens (including phenoxy) is 1. The van der Waals surface area contributed by atoms with Gasteiger partial charge in [-0.2, -0.15) is 0 Å². The molecule has 0 bridgehead atoms. The van der Waals surface area contributed by atoms with Gasteiger partial charge in [0.15, 0.2) is 17.4 Å². The first-order chi connectivity index (χ1) is 18.3. The molecule has 0 radical (unpaired) electrons. The maximum Gasteiger partial charge on any atom is 0.322 e. The average molecular weight is 510 g/mol. The van der Waals surface area contributed by atoms with Gasteiger partial charge in [0.1, 0.15) is 11.8 Å². The van der Waals surface area contributed by atoms with E-state index in [9.17, 15) is 4.79 Å². The summed E-state index contributed by atoms with van der Waals surface area (Å²) in [7, 11) is 0. The Balaban J connectivity index is 1.67. The molecule has 3 N–H and O–H groups in total. The summed E-state index contributed by atoms with van der Waals surface area (Å²) in [6.07, 6.45) is 4.15. The fourth-order valence-electron chi connectivity index (χ4n) is 4.31. The summed E-state index contributed by atoms with van der Waals surface area (Å²) in [4.78, 5) is 28.6. The Morgan fingerprint density at radius 2 is 1.87 bits per heavy atom. The van der Waals surface area contributed by atoms with Crippen molar-refractivity contribution in [2.45, 2.75) is 20.8 Å². The molecule has 3 heterocycles. The standard InChI is InChI=1S/C28H24FN7O2/c1-5-23(37)35-19-8-6-18(7-9-19)25-17(4)24-26(27(30)33-14-32-24)36(25)21-13-20(29)22(12-15(21)2)38-28-31-11-10-16(3)34-28/h5-14H,1H2,2-4H3,(H,35,37)(H2,30,32,33). The van der Waals surface area contributed by atoms with E-state index in [2.05, 4.69) is 31.8 Å². The molecule has 0 saturated heterocycles. The highest BCUT2D eigenvalue weighted by atomic mass is 19.1. The highest BCUT2D eigenvalue weighted by molar-refractivity contribution is 5.99. The molecule has 9 nitrogen and oxygen atoms in total. The summed E-state index contributed by atoms with van der Waals surface area (Å²) in [5.74, 6) is -0.653. The van der Waals surface area contributed by atoms with E-state index in [0.29, 0.717) is 33.7 Å². The lowest BCUT2D eigenvalue weighted by Crippen LogP contribution is -2.07. The number of rotatable bonds is 6. The third kappa shape index (κ3) is 4.43. The van der Waals surface area contributed by atoms with Gasteiger partial charge in [0, 0.05) is 29.2 Å². The number of fused-ring (bicyclic) bond motifs is 1. The number of nitrogen functional groups attached to an aromatic ring is 1.